The molecule has 1 N–H and O–H groups in total. The van der Waals surface area contributed by atoms with E-state index in [1.807, 2.05) is 0 Å². The number of alkyl halides is 3. The molecule has 0 bridgehead atoms. The van der Waals surface area contributed by atoms with E-state index in [1.54, 1.807) is 24.3 Å². The zero-order valence-corrected chi connectivity index (χ0v) is 17.0. The molecule has 1 fully saturated rings. The van der Waals surface area contributed by atoms with Crippen LogP contribution in [0.5, 0.6) is 0 Å². The van der Waals surface area contributed by atoms with Crippen molar-refractivity contribution in [1.82, 2.24) is 15.1 Å². The largest absolute Gasteiger partial charge is 0.416 e. The second-order valence-electron chi connectivity index (χ2n) is 6.91. The Morgan fingerprint density at radius 1 is 0.903 bits per heavy atom. The van der Waals surface area contributed by atoms with E-state index < -0.39 is 23.6 Å². The lowest BCUT2D eigenvalue weighted by molar-refractivity contribution is -0.137. The fourth-order valence-electron chi connectivity index (χ4n) is 3.15. The van der Waals surface area contributed by atoms with Crippen molar-refractivity contribution in [2.75, 3.05) is 32.7 Å². The van der Waals surface area contributed by atoms with Gasteiger partial charge in [-0.1, -0.05) is 23.7 Å². The van der Waals surface area contributed by atoms with Crippen LogP contribution in [0.1, 0.15) is 26.3 Å². The van der Waals surface area contributed by atoms with Crippen molar-refractivity contribution < 1.29 is 27.6 Å². The van der Waals surface area contributed by atoms with Gasteiger partial charge < -0.3 is 15.1 Å². The smallest absolute Gasteiger partial charge is 0.343 e. The van der Waals surface area contributed by atoms with Gasteiger partial charge in [-0.15, -0.1) is 0 Å². The molecule has 2 aromatic carbocycles. The number of rotatable bonds is 4. The lowest BCUT2D eigenvalue weighted by Gasteiger charge is -2.35. The maximum Gasteiger partial charge on any atom is 0.416 e. The number of hydrogen-bond acceptors (Lipinski definition) is 3. The predicted molar refractivity (Wildman–Crippen MR) is 108 cm³/mol. The van der Waals surface area contributed by atoms with Crippen molar-refractivity contribution in [3.63, 3.8) is 0 Å². The van der Waals surface area contributed by atoms with Gasteiger partial charge in [0.25, 0.3) is 11.8 Å². The van der Waals surface area contributed by atoms with Crippen LogP contribution in [-0.4, -0.2) is 60.2 Å². The summed E-state index contributed by atoms with van der Waals surface area (Å²) in [7, 11) is 0. The molecule has 0 radical (unpaired) electrons. The number of hydrogen-bond donors (Lipinski definition) is 1. The first-order chi connectivity index (χ1) is 14.7. The van der Waals surface area contributed by atoms with Crippen LogP contribution in [0.25, 0.3) is 0 Å². The van der Waals surface area contributed by atoms with Gasteiger partial charge in [0.05, 0.1) is 22.7 Å². The molecule has 3 rings (SSSR count). The summed E-state index contributed by atoms with van der Waals surface area (Å²) < 4.78 is 38.0. The van der Waals surface area contributed by atoms with Gasteiger partial charge in [-0.3, -0.25) is 14.4 Å². The Hall–Kier alpha value is -3.07. The van der Waals surface area contributed by atoms with Gasteiger partial charge in [-0.05, 0) is 36.4 Å². The number of carbonyl (C=O) groups is 3. The van der Waals surface area contributed by atoms with Crippen molar-refractivity contribution in [2.24, 2.45) is 0 Å². The summed E-state index contributed by atoms with van der Waals surface area (Å²) in [5.74, 6) is -1.16. The number of piperazine rings is 1. The molecular weight excluding hydrogens is 435 g/mol. The molecule has 31 heavy (non-hydrogen) atoms. The zero-order valence-electron chi connectivity index (χ0n) is 16.3. The molecule has 0 atom stereocenters. The van der Waals surface area contributed by atoms with Crippen molar-refractivity contribution >= 4 is 29.3 Å². The van der Waals surface area contributed by atoms with Crippen LogP contribution in [0.4, 0.5) is 13.2 Å². The Labute approximate surface area is 181 Å². The molecule has 0 saturated carbocycles. The number of benzene rings is 2. The third kappa shape index (κ3) is 5.55. The predicted octanol–water partition coefficient (Wildman–Crippen LogP) is 3.07. The fourth-order valence-corrected chi connectivity index (χ4v) is 3.37. The summed E-state index contributed by atoms with van der Waals surface area (Å²) in [4.78, 5) is 40.0. The Balaban J connectivity index is 1.49. The molecule has 1 saturated heterocycles. The Morgan fingerprint density at radius 3 is 2.06 bits per heavy atom. The Bertz CT molecular complexity index is 972. The third-order valence-corrected chi connectivity index (χ3v) is 5.23. The van der Waals surface area contributed by atoms with Crippen molar-refractivity contribution in [1.29, 1.82) is 0 Å². The number of amides is 3. The molecule has 0 aliphatic carbocycles. The van der Waals surface area contributed by atoms with Gasteiger partial charge >= 0.3 is 6.18 Å². The highest BCUT2D eigenvalue weighted by molar-refractivity contribution is 6.33. The average molecular weight is 454 g/mol. The minimum atomic E-state index is -4.46. The maximum absolute atomic E-state index is 12.7. The van der Waals surface area contributed by atoms with Crippen molar-refractivity contribution in [3.8, 4) is 0 Å². The molecule has 0 unspecified atom stereocenters. The quantitative estimate of drug-likeness (QED) is 0.773. The number of nitrogens with zero attached hydrogens (tertiary/aromatic N) is 2. The van der Waals surface area contributed by atoms with E-state index >= 15 is 0 Å². The van der Waals surface area contributed by atoms with Crippen LogP contribution in [0.15, 0.2) is 48.5 Å². The van der Waals surface area contributed by atoms with Crippen LogP contribution in [0, 0.1) is 0 Å². The van der Waals surface area contributed by atoms with Crippen LogP contribution >= 0.6 is 11.6 Å². The van der Waals surface area contributed by atoms with Gasteiger partial charge in [0, 0.05) is 31.7 Å². The van der Waals surface area contributed by atoms with Gasteiger partial charge in [0.2, 0.25) is 5.91 Å². The molecule has 6 nitrogen and oxygen atoms in total. The molecule has 3 amide bonds. The highest BCUT2D eigenvalue weighted by Gasteiger charge is 2.31. The third-order valence-electron chi connectivity index (χ3n) is 4.90. The highest BCUT2D eigenvalue weighted by Crippen LogP contribution is 2.29. The summed E-state index contributed by atoms with van der Waals surface area (Å²) in [6, 6.07) is 10.5. The normalized spacial score (nSPS) is 14.3. The summed E-state index contributed by atoms with van der Waals surface area (Å²) in [5.41, 5.74) is -0.401. The van der Waals surface area contributed by atoms with Gasteiger partial charge in [0.15, 0.2) is 0 Å². The average Bonchev–Trinajstić information content (AvgIpc) is 2.76. The first-order valence-electron chi connectivity index (χ1n) is 9.44. The molecule has 0 spiro atoms. The van der Waals surface area contributed by atoms with Crippen LogP contribution in [0.3, 0.4) is 0 Å². The first-order valence-corrected chi connectivity index (χ1v) is 9.81. The van der Waals surface area contributed by atoms with Crippen LogP contribution in [-0.2, 0) is 11.0 Å². The summed E-state index contributed by atoms with van der Waals surface area (Å²) >= 11 is 5.96. The van der Waals surface area contributed by atoms with E-state index in [0.29, 0.717) is 0 Å². The fraction of sp³-hybridized carbons (Fsp3) is 0.286. The number of carbonyl (C=O) groups excluding carboxylic acids is 3. The monoisotopic (exact) mass is 453 g/mol. The number of nitrogens with one attached hydrogen (secondary N) is 1. The van der Waals surface area contributed by atoms with E-state index in [0.717, 1.165) is 24.3 Å². The molecule has 1 heterocycles. The minimum Gasteiger partial charge on any atom is -0.343 e. The zero-order chi connectivity index (χ0) is 22.6. The van der Waals surface area contributed by atoms with Crippen LogP contribution in [0.2, 0.25) is 5.02 Å². The van der Waals surface area contributed by atoms with Gasteiger partial charge in [-0.2, -0.15) is 13.2 Å². The maximum atomic E-state index is 12.7. The second-order valence-corrected chi connectivity index (χ2v) is 7.32. The highest BCUT2D eigenvalue weighted by atomic mass is 35.5. The summed E-state index contributed by atoms with van der Waals surface area (Å²) in [5, 5.41) is 2.81. The molecule has 10 heteroatoms. The van der Waals surface area contributed by atoms with Crippen molar-refractivity contribution in [3.05, 3.63) is 70.2 Å². The first kappa shape index (κ1) is 22.6. The Kier molecular flexibility index (Phi) is 6.84. The van der Waals surface area contributed by atoms with E-state index in [9.17, 15) is 27.6 Å². The van der Waals surface area contributed by atoms with E-state index in [2.05, 4.69) is 5.32 Å². The molecular formula is C21H19ClF3N3O3. The topological polar surface area (TPSA) is 69.7 Å². The molecule has 1 aliphatic heterocycles. The van der Waals surface area contributed by atoms with E-state index in [-0.39, 0.29) is 54.8 Å². The summed E-state index contributed by atoms with van der Waals surface area (Å²) in [6.45, 7) is 0.783. The van der Waals surface area contributed by atoms with Crippen molar-refractivity contribution in [2.45, 2.75) is 6.18 Å². The lowest BCUT2D eigenvalue weighted by atomic mass is 10.1. The SMILES string of the molecule is O=C(NCC(=O)N1CCN(C(=O)c2ccc(C(F)(F)F)cc2)CC1)c1ccccc1Cl. The standard InChI is InChI=1S/C21H19ClF3N3O3/c22-17-4-2-1-3-16(17)19(30)26-13-18(29)27-9-11-28(12-10-27)20(31)14-5-7-15(8-6-14)21(23,24)25/h1-8H,9-13H2,(H,26,30). The Morgan fingerprint density at radius 2 is 1.48 bits per heavy atom. The second kappa shape index (κ2) is 9.38. The molecule has 164 valence electrons. The van der Waals surface area contributed by atoms with Crippen LogP contribution < -0.4 is 5.32 Å². The number of halogens is 4. The molecule has 2 aromatic rings. The molecule has 0 aromatic heterocycles. The van der Waals surface area contributed by atoms with E-state index in [4.69, 9.17) is 11.6 Å². The van der Waals surface area contributed by atoms with Gasteiger partial charge in [0.1, 0.15) is 0 Å². The van der Waals surface area contributed by atoms with Gasteiger partial charge in [-0.25, -0.2) is 0 Å². The molecule has 1 aliphatic rings. The van der Waals surface area contributed by atoms with E-state index in [1.165, 1.54) is 9.80 Å². The summed E-state index contributed by atoms with van der Waals surface area (Å²) in [6.07, 6.45) is -4.46. The minimum absolute atomic E-state index is 0.153. The lowest BCUT2D eigenvalue weighted by Crippen LogP contribution is -2.52.